The van der Waals surface area contributed by atoms with Crippen LogP contribution < -0.4 is 0 Å². The number of fused-ring (bicyclic) bond motifs is 10. The fourth-order valence-electron chi connectivity index (χ4n) is 9.62. The number of aromatic nitrogens is 3. The minimum atomic E-state index is 0.593. The van der Waals surface area contributed by atoms with Crippen molar-refractivity contribution in [3.63, 3.8) is 0 Å². The topological polar surface area (TPSA) is 51.8 Å². The molecule has 3 aromatic heterocycles. The van der Waals surface area contributed by atoms with Crippen LogP contribution in [-0.4, -0.2) is 15.0 Å². The first-order valence-electron chi connectivity index (χ1n) is 21.3. The van der Waals surface area contributed by atoms with E-state index < -0.39 is 0 Å². The highest BCUT2D eigenvalue weighted by Crippen LogP contribution is 2.46. The van der Waals surface area contributed by atoms with E-state index in [1.54, 1.807) is 0 Å². The molecule has 0 N–H and O–H groups in total. The molecule has 3 heterocycles. The molecule has 4 nitrogen and oxygen atoms in total. The van der Waals surface area contributed by atoms with E-state index in [1.165, 1.54) is 53.6 Å². The van der Waals surface area contributed by atoms with E-state index >= 15 is 0 Å². The zero-order valence-corrected chi connectivity index (χ0v) is 34.7. The maximum absolute atomic E-state index is 6.66. The average molecular weight is 822 g/mol. The van der Waals surface area contributed by atoms with E-state index in [0.29, 0.717) is 17.5 Å². The Kier molecular flexibility index (Phi) is 8.11. The smallest absolute Gasteiger partial charge is 0.164 e. The highest BCUT2D eigenvalue weighted by molar-refractivity contribution is 7.23. The summed E-state index contributed by atoms with van der Waals surface area (Å²) in [5, 5.41) is 7.94. The second kappa shape index (κ2) is 14.3. The molecule has 0 aliphatic heterocycles. The summed E-state index contributed by atoms with van der Waals surface area (Å²) in [5.41, 5.74) is 12.9. The molecule has 294 valence electrons. The molecule has 12 aromatic rings. The first-order chi connectivity index (χ1) is 31.2. The van der Waals surface area contributed by atoms with Crippen molar-refractivity contribution >= 4 is 71.0 Å². The van der Waals surface area contributed by atoms with Gasteiger partial charge < -0.3 is 4.42 Å². The predicted octanol–water partition coefficient (Wildman–Crippen LogP) is 15.9. The van der Waals surface area contributed by atoms with Crippen molar-refractivity contribution in [1.29, 1.82) is 0 Å². The molecule has 0 amide bonds. The summed E-state index contributed by atoms with van der Waals surface area (Å²) >= 11 is 1.89. The quantitative estimate of drug-likeness (QED) is 0.174. The maximum Gasteiger partial charge on any atom is 0.164 e. The van der Waals surface area contributed by atoms with Gasteiger partial charge in [-0.2, -0.15) is 0 Å². The molecule has 63 heavy (non-hydrogen) atoms. The minimum Gasteiger partial charge on any atom is -0.456 e. The van der Waals surface area contributed by atoms with E-state index in [9.17, 15) is 0 Å². The summed E-state index contributed by atoms with van der Waals surface area (Å²) in [6.07, 6.45) is 5.46. The van der Waals surface area contributed by atoms with Gasteiger partial charge in [-0.3, -0.25) is 0 Å². The van der Waals surface area contributed by atoms with Crippen LogP contribution in [0.15, 0.2) is 199 Å². The maximum atomic E-state index is 6.66. The Morgan fingerprint density at radius 3 is 1.89 bits per heavy atom. The van der Waals surface area contributed by atoms with Gasteiger partial charge in [0.05, 0.1) is 0 Å². The lowest BCUT2D eigenvalue weighted by Gasteiger charge is -2.12. The first-order valence-corrected chi connectivity index (χ1v) is 22.1. The monoisotopic (exact) mass is 821 g/mol. The van der Waals surface area contributed by atoms with Gasteiger partial charge in [0.15, 0.2) is 17.5 Å². The molecular weight excluding hydrogens is 787 g/mol. The number of hydrogen-bond acceptors (Lipinski definition) is 5. The molecule has 0 fully saturated rings. The largest absolute Gasteiger partial charge is 0.456 e. The molecule has 0 bridgehead atoms. The van der Waals surface area contributed by atoms with Gasteiger partial charge in [-0.1, -0.05) is 176 Å². The minimum absolute atomic E-state index is 0.593. The number of nitrogens with zero attached hydrogens (tertiary/aromatic N) is 3. The summed E-state index contributed by atoms with van der Waals surface area (Å²) in [4.78, 5) is 17.3. The summed E-state index contributed by atoms with van der Waals surface area (Å²) in [7, 11) is 0. The Bertz CT molecular complexity index is 3840. The number of hydrogen-bond donors (Lipinski definition) is 0. The van der Waals surface area contributed by atoms with Gasteiger partial charge in [-0.05, 0) is 96.6 Å². The third-order valence-corrected chi connectivity index (χ3v) is 13.9. The van der Waals surface area contributed by atoms with Crippen molar-refractivity contribution in [3.05, 3.63) is 205 Å². The van der Waals surface area contributed by atoms with Gasteiger partial charge in [-0.25, -0.2) is 15.0 Å². The Labute approximate surface area is 367 Å². The molecule has 1 aliphatic carbocycles. The number of benzene rings is 9. The Hall–Kier alpha value is -7.99. The summed E-state index contributed by atoms with van der Waals surface area (Å²) in [6, 6.07) is 66.6. The van der Waals surface area contributed by atoms with Gasteiger partial charge in [0.1, 0.15) is 11.2 Å². The normalized spacial score (nSPS) is 12.3. The molecular formula is C58H35N3OS. The summed E-state index contributed by atoms with van der Waals surface area (Å²) in [5.74, 6) is 1.83. The molecule has 0 saturated heterocycles. The Balaban J connectivity index is 0.988. The SMILES string of the molecule is C1=Cc2ccccc2-c2sc3c(-c4cccc(-c5nc(-c6cccc7ccccc67)nc(-c6cccc7oc8cc(-c9cccc%10ccccc9%10)ccc8c67)n5)c4)cccc3c2C1. The van der Waals surface area contributed by atoms with Crippen LogP contribution in [0.5, 0.6) is 0 Å². The van der Waals surface area contributed by atoms with Crippen LogP contribution in [0.4, 0.5) is 0 Å². The molecule has 0 unspecified atom stereocenters. The van der Waals surface area contributed by atoms with Gasteiger partial charge in [-0.15, -0.1) is 11.3 Å². The second-order valence-electron chi connectivity index (χ2n) is 16.2. The van der Waals surface area contributed by atoms with Crippen LogP contribution in [0.2, 0.25) is 0 Å². The zero-order chi connectivity index (χ0) is 41.4. The predicted molar refractivity (Wildman–Crippen MR) is 263 cm³/mol. The lowest BCUT2D eigenvalue weighted by Crippen LogP contribution is -2.01. The lowest BCUT2D eigenvalue weighted by molar-refractivity contribution is 0.669. The molecule has 0 atom stereocenters. The van der Waals surface area contributed by atoms with Crippen molar-refractivity contribution in [1.82, 2.24) is 15.0 Å². The van der Waals surface area contributed by atoms with Crippen molar-refractivity contribution in [2.75, 3.05) is 0 Å². The summed E-state index contributed by atoms with van der Waals surface area (Å²) in [6.45, 7) is 0. The second-order valence-corrected chi connectivity index (χ2v) is 17.2. The van der Waals surface area contributed by atoms with Crippen LogP contribution >= 0.6 is 11.3 Å². The fraction of sp³-hybridized carbons (Fsp3) is 0.0172. The highest BCUT2D eigenvalue weighted by Gasteiger charge is 2.22. The third-order valence-electron chi connectivity index (χ3n) is 12.6. The van der Waals surface area contributed by atoms with E-state index in [2.05, 4.69) is 188 Å². The van der Waals surface area contributed by atoms with Gasteiger partial charge in [0.25, 0.3) is 0 Å². The average Bonchev–Trinajstić information content (AvgIpc) is 3.86. The van der Waals surface area contributed by atoms with E-state index in [4.69, 9.17) is 19.4 Å². The standard InChI is InChI=1S/C58H35N3OS/c1-4-21-41-35(13-1)16-8-24-43(41)39-31-32-49-52(34-39)62-51-30-12-29-50(53(49)51)58-60-56(59-57(61-58)48-28-10-17-36-14-2-5-22-42(36)48)40-20-7-19-38(33-40)45-25-11-27-47-46-26-9-18-37-15-3-6-23-44(37)54(46)63-55(45)47/h1-25,27-34H,26H2. The van der Waals surface area contributed by atoms with Crippen LogP contribution in [-0.2, 0) is 6.42 Å². The first kappa shape index (κ1) is 35.7. The van der Waals surface area contributed by atoms with Gasteiger partial charge in [0.2, 0.25) is 0 Å². The fourth-order valence-corrected chi connectivity index (χ4v) is 11.0. The van der Waals surface area contributed by atoms with E-state index in [0.717, 1.165) is 66.9 Å². The highest BCUT2D eigenvalue weighted by atomic mass is 32.1. The third kappa shape index (κ3) is 5.85. The number of allylic oxidation sites excluding steroid dienone is 1. The van der Waals surface area contributed by atoms with Crippen LogP contribution in [0.25, 0.3) is 127 Å². The molecule has 1 aliphatic rings. The van der Waals surface area contributed by atoms with Gasteiger partial charge >= 0.3 is 0 Å². The zero-order valence-electron chi connectivity index (χ0n) is 33.9. The number of rotatable bonds is 5. The molecule has 5 heteroatoms. The molecule has 0 saturated carbocycles. The van der Waals surface area contributed by atoms with Crippen LogP contribution in [0, 0.1) is 0 Å². The van der Waals surface area contributed by atoms with Crippen molar-refractivity contribution in [2.45, 2.75) is 6.42 Å². The van der Waals surface area contributed by atoms with E-state index in [-0.39, 0.29) is 0 Å². The van der Waals surface area contributed by atoms with Crippen LogP contribution in [0.3, 0.4) is 0 Å². The lowest BCUT2D eigenvalue weighted by atomic mass is 9.97. The Morgan fingerprint density at radius 2 is 1.02 bits per heavy atom. The molecule has 9 aromatic carbocycles. The van der Waals surface area contributed by atoms with Crippen molar-refractivity contribution < 1.29 is 4.42 Å². The van der Waals surface area contributed by atoms with Crippen molar-refractivity contribution in [2.24, 2.45) is 0 Å². The van der Waals surface area contributed by atoms with Crippen molar-refractivity contribution in [3.8, 4) is 66.9 Å². The Morgan fingerprint density at radius 1 is 0.413 bits per heavy atom. The van der Waals surface area contributed by atoms with E-state index in [1.807, 2.05) is 23.5 Å². The summed E-state index contributed by atoms with van der Waals surface area (Å²) < 4.78 is 7.95. The van der Waals surface area contributed by atoms with Crippen LogP contribution in [0.1, 0.15) is 11.1 Å². The molecule has 0 spiro atoms. The molecule has 13 rings (SSSR count). The number of thiophene rings is 1. The molecule has 0 radical (unpaired) electrons. The number of furan rings is 1. The van der Waals surface area contributed by atoms with Gasteiger partial charge in [0, 0.05) is 37.0 Å².